The summed E-state index contributed by atoms with van der Waals surface area (Å²) in [7, 11) is 0. The summed E-state index contributed by atoms with van der Waals surface area (Å²) < 4.78 is 21.7. The number of hydrogen-bond donors (Lipinski definition) is 1. The van der Waals surface area contributed by atoms with E-state index in [4.69, 9.17) is 30.5 Å². The highest BCUT2D eigenvalue weighted by Gasteiger charge is 2.35. The Labute approximate surface area is 190 Å². The first-order valence-electron chi connectivity index (χ1n) is 10.5. The van der Waals surface area contributed by atoms with Crippen molar-refractivity contribution in [3.05, 3.63) is 77.1 Å². The molecule has 1 aromatic heterocycles. The van der Waals surface area contributed by atoms with E-state index >= 15 is 0 Å². The van der Waals surface area contributed by atoms with E-state index in [1.807, 2.05) is 42.5 Å². The first-order chi connectivity index (χ1) is 15.6. The number of aromatic amines is 1. The van der Waals surface area contributed by atoms with Crippen LogP contribution in [0.5, 0.6) is 5.75 Å². The van der Waals surface area contributed by atoms with E-state index in [1.165, 1.54) is 0 Å². The van der Waals surface area contributed by atoms with Gasteiger partial charge in [0.2, 0.25) is 0 Å². The van der Waals surface area contributed by atoms with Gasteiger partial charge in [0.15, 0.2) is 6.29 Å². The minimum absolute atomic E-state index is 0.327. The summed E-state index contributed by atoms with van der Waals surface area (Å²) in [5.41, 5.74) is 4.03. The standard InChI is InChI=1S/C24H23ClN2O5/c1-2-29-24(28)27-10-9-18-19-13-16(25)5-8-20(19)26-22(18)23(27)15-3-6-17(7-4-15)32-14-21-30-11-12-31-21/h2-8,13,21,23,26H,1,9-12,14H2. The van der Waals surface area contributed by atoms with Gasteiger partial charge in [-0.2, -0.15) is 0 Å². The monoisotopic (exact) mass is 454 g/mol. The van der Waals surface area contributed by atoms with Crippen LogP contribution in [0.25, 0.3) is 10.9 Å². The molecule has 0 aliphatic carbocycles. The Bertz CT molecular complexity index is 1140. The lowest BCUT2D eigenvalue weighted by Gasteiger charge is -2.35. The fraction of sp³-hybridized carbons (Fsp3) is 0.292. The van der Waals surface area contributed by atoms with Crippen molar-refractivity contribution in [2.75, 3.05) is 26.4 Å². The lowest BCUT2D eigenvalue weighted by Crippen LogP contribution is -2.40. The van der Waals surface area contributed by atoms with Crippen molar-refractivity contribution >= 4 is 28.6 Å². The molecule has 0 saturated carbocycles. The molecule has 1 saturated heterocycles. The number of rotatable bonds is 5. The zero-order valence-electron chi connectivity index (χ0n) is 17.4. The molecule has 7 nitrogen and oxygen atoms in total. The summed E-state index contributed by atoms with van der Waals surface area (Å²) in [6.07, 6.45) is 1.08. The Hall–Kier alpha value is -3.00. The van der Waals surface area contributed by atoms with Crippen molar-refractivity contribution in [2.24, 2.45) is 0 Å². The first kappa shape index (κ1) is 20.9. The Kier molecular flexibility index (Phi) is 5.78. The number of halogens is 1. The zero-order valence-corrected chi connectivity index (χ0v) is 18.1. The van der Waals surface area contributed by atoms with E-state index in [-0.39, 0.29) is 12.3 Å². The molecular weight excluding hydrogens is 432 g/mol. The lowest BCUT2D eigenvalue weighted by atomic mass is 9.92. The maximum absolute atomic E-state index is 12.7. The number of nitrogens with zero attached hydrogens (tertiary/aromatic N) is 1. The summed E-state index contributed by atoms with van der Waals surface area (Å²) in [6.45, 7) is 5.53. The van der Waals surface area contributed by atoms with E-state index in [0.29, 0.717) is 43.6 Å². The van der Waals surface area contributed by atoms with Gasteiger partial charge in [-0.15, -0.1) is 0 Å². The molecular formula is C24H23ClN2O5. The molecule has 3 heterocycles. The molecule has 1 N–H and O–H groups in total. The number of aromatic nitrogens is 1. The molecule has 1 amide bonds. The second kappa shape index (κ2) is 8.86. The molecule has 32 heavy (non-hydrogen) atoms. The van der Waals surface area contributed by atoms with E-state index < -0.39 is 6.09 Å². The number of hydrogen-bond acceptors (Lipinski definition) is 5. The number of ether oxygens (including phenoxy) is 4. The topological polar surface area (TPSA) is 73.0 Å². The maximum Gasteiger partial charge on any atom is 0.415 e. The number of fused-ring (bicyclic) bond motifs is 3. The van der Waals surface area contributed by atoms with Gasteiger partial charge in [-0.1, -0.05) is 30.3 Å². The van der Waals surface area contributed by atoms with E-state index in [9.17, 15) is 4.79 Å². The minimum atomic E-state index is -0.441. The molecule has 0 bridgehead atoms. The quantitative estimate of drug-likeness (QED) is 0.560. The molecule has 0 radical (unpaired) electrons. The van der Waals surface area contributed by atoms with Crippen molar-refractivity contribution < 1.29 is 23.7 Å². The average molecular weight is 455 g/mol. The largest absolute Gasteiger partial charge is 0.488 e. The lowest BCUT2D eigenvalue weighted by molar-refractivity contribution is -0.0684. The third kappa shape index (κ3) is 3.95. The fourth-order valence-electron chi connectivity index (χ4n) is 4.36. The molecule has 2 aliphatic heterocycles. The van der Waals surface area contributed by atoms with Gasteiger partial charge in [-0.25, -0.2) is 4.79 Å². The molecule has 0 spiro atoms. The molecule has 8 heteroatoms. The van der Waals surface area contributed by atoms with Crippen LogP contribution in [0.1, 0.15) is 22.9 Å². The van der Waals surface area contributed by atoms with Gasteiger partial charge < -0.3 is 23.9 Å². The summed E-state index contributed by atoms with van der Waals surface area (Å²) in [4.78, 5) is 17.9. The van der Waals surface area contributed by atoms with E-state index in [0.717, 1.165) is 34.0 Å². The Morgan fingerprint density at radius 3 is 2.75 bits per heavy atom. The van der Waals surface area contributed by atoms with Crippen LogP contribution in [0.2, 0.25) is 5.02 Å². The highest BCUT2D eigenvalue weighted by molar-refractivity contribution is 6.31. The summed E-state index contributed by atoms with van der Waals surface area (Å²) in [5.74, 6) is 0.701. The predicted octanol–water partition coefficient (Wildman–Crippen LogP) is 4.80. The second-order valence-corrected chi connectivity index (χ2v) is 8.09. The van der Waals surface area contributed by atoms with Crippen LogP contribution in [-0.4, -0.2) is 48.6 Å². The SMILES string of the molecule is C=COC(=O)N1CCc2c([nH]c3ccc(Cl)cc23)C1c1ccc(OCC2OCCO2)cc1. The number of benzene rings is 2. The molecule has 2 aromatic carbocycles. The van der Waals surface area contributed by atoms with Crippen LogP contribution >= 0.6 is 11.6 Å². The van der Waals surface area contributed by atoms with Crippen LogP contribution < -0.4 is 4.74 Å². The van der Waals surface area contributed by atoms with Crippen molar-refractivity contribution in [1.82, 2.24) is 9.88 Å². The highest BCUT2D eigenvalue weighted by atomic mass is 35.5. The maximum atomic E-state index is 12.7. The zero-order chi connectivity index (χ0) is 22.1. The third-order valence-corrected chi connectivity index (χ3v) is 6.02. The van der Waals surface area contributed by atoms with Gasteiger partial charge in [-0.3, -0.25) is 4.90 Å². The molecule has 166 valence electrons. The van der Waals surface area contributed by atoms with Crippen LogP contribution in [0.15, 0.2) is 55.3 Å². The van der Waals surface area contributed by atoms with Gasteiger partial charge in [0.05, 0.1) is 19.5 Å². The molecule has 5 rings (SSSR count). The summed E-state index contributed by atoms with van der Waals surface area (Å²) in [6, 6.07) is 13.1. The Morgan fingerprint density at radius 2 is 2.00 bits per heavy atom. The molecule has 1 fully saturated rings. The average Bonchev–Trinajstić information content (AvgIpc) is 3.45. The Balaban J connectivity index is 1.48. The molecule has 2 aliphatic rings. The Morgan fingerprint density at radius 1 is 1.22 bits per heavy atom. The van der Waals surface area contributed by atoms with Gasteiger partial charge in [0, 0.05) is 28.2 Å². The minimum Gasteiger partial charge on any atom is -0.488 e. The number of carbonyl (C=O) groups excluding carboxylic acids is 1. The van der Waals surface area contributed by atoms with Crippen molar-refractivity contribution in [3.8, 4) is 5.75 Å². The summed E-state index contributed by atoms with van der Waals surface area (Å²) >= 11 is 6.24. The van der Waals surface area contributed by atoms with Crippen molar-refractivity contribution in [2.45, 2.75) is 18.8 Å². The molecule has 1 unspecified atom stereocenters. The predicted molar refractivity (Wildman–Crippen MR) is 120 cm³/mol. The molecule has 3 aromatic rings. The van der Waals surface area contributed by atoms with Crippen LogP contribution in [0, 0.1) is 0 Å². The van der Waals surface area contributed by atoms with E-state index in [1.54, 1.807) is 4.90 Å². The van der Waals surface area contributed by atoms with Gasteiger partial charge in [0.1, 0.15) is 18.4 Å². The van der Waals surface area contributed by atoms with Gasteiger partial charge >= 0.3 is 6.09 Å². The van der Waals surface area contributed by atoms with Crippen molar-refractivity contribution in [3.63, 3.8) is 0 Å². The van der Waals surface area contributed by atoms with Gasteiger partial charge in [0.25, 0.3) is 0 Å². The number of H-pyrrole nitrogens is 1. The number of amides is 1. The van der Waals surface area contributed by atoms with Crippen LogP contribution in [-0.2, 0) is 20.6 Å². The first-order valence-corrected chi connectivity index (χ1v) is 10.9. The van der Waals surface area contributed by atoms with Crippen LogP contribution in [0.4, 0.5) is 4.79 Å². The smallest absolute Gasteiger partial charge is 0.415 e. The number of carbonyl (C=O) groups is 1. The van der Waals surface area contributed by atoms with Crippen molar-refractivity contribution in [1.29, 1.82) is 0 Å². The normalized spacial score (nSPS) is 18.5. The highest BCUT2D eigenvalue weighted by Crippen LogP contribution is 2.39. The second-order valence-electron chi connectivity index (χ2n) is 7.65. The third-order valence-electron chi connectivity index (χ3n) is 5.78. The van der Waals surface area contributed by atoms with Crippen LogP contribution in [0.3, 0.4) is 0 Å². The summed E-state index contributed by atoms with van der Waals surface area (Å²) in [5, 5.41) is 1.76. The van der Waals surface area contributed by atoms with Gasteiger partial charge in [-0.05, 0) is 47.9 Å². The number of nitrogens with one attached hydrogen (secondary N) is 1. The molecule has 1 atom stereocenters. The fourth-order valence-corrected chi connectivity index (χ4v) is 4.53. The van der Waals surface area contributed by atoms with E-state index in [2.05, 4.69) is 11.6 Å².